The summed E-state index contributed by atoms with van der Waals surface area (Å²) in [5, 5.41) is 3.36. The van der Waals surface area contributed by atoms with Gasteiger partial charge in [0, 0.05) is 16.4 Å². The molecule has 0 unspecified atom stereocenters. The Hall–Kier alpha value is -2.00. The Kier molecular flexibility index (Phi) is 5.23. The number of aryl methyl sites for hydroxylation is 1. The molecule has 0 aliphatic rings. The number of nitrogens with one attached hydrogen (secondary N) is 1. The number of unbranched alkanes of at least 4 members (excludes halogenated alkanes) is 1. The van der Waals surface area contributed by atoms with Crippen molar-refractivity contribution >= 4 is 28.9 Å². The van der Waals surface area contributed by atoms with E-state index < -0.39 is 0 Å². The van der Waals surface area contributed by atoms with E-state index >= 15 is 0 Å². The van der Waals surface area contributed by atoms with Gasteiger partial charge in [-0.1, -0.05) is 37.1 Å². The molecule has 0 radical (unpaired) electrons. The van der Waals surface area contributed by atoms with Gasteiger partial charge in [0.05, 0.1) is 5.56 Å². The summed E-state index contributed by atoms with van der Waals surface area (Å²) in [6.07, 6.45) is 3.41. The van der Waals surface area contributed by atoms with Gasteiger partial charge in [0.2, 0.25) is 0 Å². The molecule has 0 saturated heterocycles. The molecule has 0 atom stereocenters. The molecule has 0 aromatic heterocycles. The number of hydrogen-bond donors (Lipinski definition) is 2. The van der Waals surface area contributed by atoms with Crippen LogP contribution < -0.4 is 11.1 Å². The maximum Gasteiger partial charge on any atom is 0.257 e. The topological polar surface area (TPSA) is 55.1 Å². The fourth-order valence-corrected chi connectivity index (χ4v) is 2.25. The van der Waals surface area contributed by atoms with Gasteiger partial charge in [-0.2, -0.15) is 0 Å². The lowest BCUT2D eigenvalue weighted by atomic mass is 10.1. The van der Waals surface area contributed by atoms with Gasteiger partial charge in [0.25, 0.3) is 5.91 Å². The van der Waals surface area contributed by atoms with Gasteiger partial charge in [0.15, 0.2) is 0 Å². The highest BCUT2D eigenvalue weighted by Crippen LogP contribution is 2.20. The van der Waals surface area contributed by atoms with Crippen LogP contribution in [0.3, 0.4) is 0 Å². The predicted molar refractivity (Wildman–Crippen MR) is 88.9 cm³/mol. The van der Waals surface area contributed by atoms with Crippen molar-refractivity contribution in [2.75, 3.05) is 11.1 Å². The normalized spacial score (nSPS) is 10.4. The Morgan fingerprint density at radius 2 is 1.90 bits per heavy atom. The molecule has 4 heteroatoms. The molecule has 1 amide bonds. The molecule has 0 heterocycles. The number of hydrogen-bond acceptors (Lipinski definition) is 2. The molecule has 3 nitrogen and oxygen atoms in total. The Bertz CT molecular complexity index is 623. The molecule has 0 spiro atoms. The highest BCUT2D eigenvalue weighted by molar-refractivity contribution is 6.31. The van der Waals surface area contributed by atoms with Crippen LogP contribution in [0.25, 0.3) is 0 Å². The Balaban J connectivity index is 2.05. The number of nitrogen functional groups attached to an aromatic ring is 1. The lowest BCUT2D eigenvalue weighted by Crippen LogP contribution is -2.13. The van der Waals surface area contributed by atoms with Gasteiger partial charge in [-0.05, 0) is 48.7 Å². The lowest BCUT2D eigenvalue weighted by Gasteiger charge is -2.08. The summed E-state index contributed by atoms with van der Waals surface area (Å²) in [7, 11) is 0. The number of benzene rings is 2. The maximum atomic E-state index is 12.2. The number of nitrogens with two attached hydrogens (primary N) is 1. The van der Waals surface area contributed by atoms with Crippen molar-refractivity contribution in [3.8, 4) is 0 Å². The van der Waals surface area contributed by atoms with E-state index in [0.29, 0.717) is 16.3 Å². The van der Waals surface area contributed by atoms with Crippen LogP contribution >= 0.6 is 11.6 Å². The van der Waals surface area contributed by atoms with E-state index in [0.717, 1.165) is 12.1 Å². The summed E-state index contributed by atoms with van der Waals surface area (Å²) in [6, 6.07) is 12.8. The van der Waals surface area contributed by atoms with E-state index in [4.69, 9.17) is 17.3 Å². The van der Waals surface area contributed by atoms with Crippen molar-refractivity contribution in [2.45, 2.75) is 26.2 Å². The minimum absolute atomic E-state index is 0.231. The van der Waals surface area contributed by atoms with Gasteiger partial charge in [-0.15, -0.1) is 0 Å². The zero-order valence-electron chi connectivity index (χ0n) is 12.0. The first-order valence-electron chi connectivity index (χ1n) is 7.05. The van der Waals surface area contributed by atoms with Gasteiger partial charge in [0.1, 0.15) is 0 Å². The number of halogens is 1. The van der Waals surface area contributed by atoms with E-state index in [1.807, 2.05) is 24.3 Å². The molecule has 110 valence electrons. The van der Waals surface area contributed by atoms with Crippen molar-refractivity contribution in [1.82, 2.24) is 0 Å². The SMILES string of the molecule is CCCCc1ccc(NC(=O)c2ccc(Cl)cc2N)cc1. The van der Waals surface area contributed by atoms with Crippen LogP contribution in [0.5, 0.6) is 0 Å². The van der Waals surface area contributed by atoms with Crippen molar-refractivity contribution < 1.29 is 4.79 Å². The molecule has 2 rings (SSSR count). The molecule has 0 fully saturated rings. The summed E-state index contributed by atoms with van der Waals surface area (Å²) in [4.78, 5) is 12.2. The van der Waals surface area contributed by atoms with Crippen LogP contribution in [0.4, 0.5) is 11.4 Å². The van der Waals surface area contributed by atoms with Crippen molar-refractivity contribution in [3.63, 3.8) is 0 Å². The second kappa shape index (κ2) is 7.14. The van der Waals surface area contributed by atoms with E-state index in [-0.39, 0.29) is 5.91 Å². The smallest absolute Gasteiger partial charge is 0.257 e. The third kappa shape index (κ3) is 4.23. The first-order chi connectivity index (χ1) is 10.1. The molecule has 0 aliphatic heterocycles. The number of carbonyl (C=O) groups is 1. The van der Waals surface area contributed by atoms with Gasteiger partial charge < -0.3 is 11.1 Å². The van der Waals surface area contributed by atoms with Crippen molar-refractivity contribution in [2.24, 2.45) is 0 Å². The molecular formula is C17H19ClN2O. The fourth-order valence-electron chi connectivity index (χ4n) is 2.07. The minimum atomic E-state index is -0.231. The van der Waals surface area contributed by atoms with Gasteiger partial charge in [-0.25, -0.2) is 0 Å². The van der Waals surface area contributed by atoms with Crippen LogP contribution in [0.2, 0.25) is 5.02 Å². The molecule has 0 aliphatic carbocycles. The highest BCUT2D eigenvalue weighted by Gasteiger charge is 2.10. The van der Waals surface area contributed by atoms with Crippen LogP contribution in [-0.2, 0) is 6.42 Å². The summed E-state index contributed by atoms with van der Waals surface area (Å²) < 4.78 is 0. The fraction of sp³-hybridized carbons (Fsp3) is 0.235. The minimum Gasteiger partial charge on any atom is -0.398 e. The van der Waals surface area contributed by atoms with Gasteiger partial charge in [-0.3, -0.25) is 4.79 Å². The first kappa shape index (κ1) is 15.4. The van der Waals surface area contributed by atoms with Crippen molar-refractivity contribution in [3.05, 3.63) is 58.6 Å². The Labute approximate surface area is 130 Å². The van der Waals surface area contributed by atoms with E-state index in [1.54, 1.807) is 18.2 Å². The Morgan fingerprint density at radius 3 is 2.52 bits per heavy atom. The average molecular weight is 303 g/mol. The maximum absolute atomic E-state index is 12.2. The second-order valence-electron chi connectivity index (χ2n) is 4.99. The number of carbonyl (C=O) groups excluding carboxylic acids is 1. The molecule has 3 N–H and O–H groups in total. The highest BCUT2D eigenvalue weighted by atomic mass is 35.5. The second-order valence-corrected chi connectivity index (χ2v) is 5.42. The molecule has 0 saturated carbocycles. The third-order valence-electron chi connectivity index (χ3n) is 3.29. The predicted octanol–water partition coefficient (Wildman–Crippen LogP) is 4.52. The Morgan fingerprint density at radius 1 is 1.19 bits per heavy atom. The number of amides is 1. The molecule has 2 aromatic carbocycles. The largest absolute Gasteiger partial charge is 0.398 e. The van der Waals surface area contributed by atoms with Crippen LogP contribution in [0.15, 0.2) is 42.5 Å². The lowest BCUT2D eigenvalue weighted by molar-refractivity contribution is 0.102. The van der Waals surface area contributed by atoms with Crippen LogP contribution in [-0.4, -0.2) is 5.91 Å². The summed E-state index contributed by atoms with van der Waals surface area (Å²) in [6.45, 7) is 2.17. The van der Waals surface area contributed by atoms with E-state index in [9.17, 15) is 4.79 Å². The van der Waals surface area contributed by atoms with E-state index in [1.165, 1.54) is 18.4 Å². The zero-order valence-corrected chi connectivity index (χ0v) is 12.8. The zero-order chi connectivity index (χ0) is 15.2. The third-order valence-corrected chi connectivity index (χ3v) is 3.52. The summed E-state index contributed by atoms with van der Waals surface area (Å²) in [5.41, 5.74) is 8.65. The quantitative estimate of drug-likeness (QED) is 0.798. The number of anilines is 2. The molecule has 2 aromatic rings. The summed E-state index contributed by atoms with van der Waals surface area (Å²) >= 11 is 5.83. The average Bonchev–Trinajstić information content (AvgIpc) is 2.46. The molecular weight excluding hydrogens is 284 g/mol. The van der Waals surface area contributed by atoms with Crippen LogP contribution in [0.1, 0.15) is 35.7 Å². The van der Waals surface area contributed by atoms with Gasteiger partial charge >= 0.3 is 0 Å². The van der Waals surface area contributed by atoms with Crippen LogP contribution in [0, 0.1) is 0 Å². The standard InChI is InChI=1S/C17H19ClN2O/c1-2-3-4-12-5-8-14(9-6-12)20-17(21)15-10-7-13(18)11-16(15)19/h5-11H,2-4,19H2,1H3,(H,20,21). The monoisotopic (exact) mass is 302 g/mol. The first-order valence-corrected chi connectivity index (χ1v) is 7.43. The van der Waals surface area contributed by atoms with E-state index in [2.05, 4.69) is 12.2 Å². The molecule has 0 bridgehead atoms. The summed E-state index contributed by atoms with van der Waals surface area (Å²) in [5.74, 6) is -0.231. The molecule has 21 heavy (non-hydrogen) atoms. The number of rotatable bonds is 5. The van der Waals surface area contributed by atoms with Crippen molar-refractivity contribution in [1.29, 1.82) is 0 Å².